The topological polar surface area (TPSA) is 12.0 Å². The largest absolute Gasteiger partial charge is 0.312 e. The van der Waals surface area contributed by atoms with Crippen LogP contribution in [0.2, 0.25) is 15.1 Å². The number of hydrogen-bond donors (Lipinski definition) is 1. The Morgan fingerprint density at radius 1 is 1.11 bits per heavy atom. The van der Waals surface area contributed by atoms with Crippen molar-refractivity contribution in [3.63, 3.8) is 0 Å². The summed E-state index contributed by atoms with van der Waals surface area (Å²) in [6.45, 7) is 2.16. The van der Waals surface area contributed by atoms with E-state index in [9.17, 15) is 0 Å². The van der Waals surface area contributed by atoms with Gasteiger partial charge in [0, 0.05) is 21.4 Å². The van der Waals surface area contributed by atoms with Gasteiger partial charge in [-0.2, -0.15) is 0 Å². The molecular weight excluding hydrogens is 321 g/mol. The fourth-order valence-corrected chi connectivity index (χ4v) is 3.88. The van der Waals surface area contributed by atoms with E-state index in [1.54, 1.807) is 17.4 Å². The predicted octanol–water partition coefficient (Wildman–Crippen LogP) is 6.05. The standard InChI is InChI=1S/C14H14Cl3NS/c1-3-12(18-2)14-5-4-13(19-14)8-6-10(16)11(17)7-9(8)15/h4-7,12,18H,3H2,1-2H3. The highest BCUT2D eigenvalue weighted by Crippen LogP contribution is 2.39. The third kappa shape index (κ3) is 3.26. The van der Waals surface area contributed by atoms with Crippen LogP contribution in [0.5, 0.6) is 0 Å². The van der Waals surface area contributed by atoms with Crippen LogP contribution in [0.15, 0.2) is 24.3 Å². The smallest absolute Gasteiger partial charge is 0.0607 e. The molecule has 0 amide bonds. The van der Waals surface area contributed by atoms with Gasteiger partial charge in [-0.05, 0) is 37.7 Å². The second-order valence-corrected chi connectivity index (χ2v) is 6.53. The second kappa shape index (κ2) is 6.47. The molecule has 0 spiro atoms. The van der Waals surface area contributed by atoms with Gasteiger partial charge in [0.25, 0.3) is 0 Å². The van der Waals surface area contributed by atoms with Crippen LogP contribution < -0.4 is 5.32 Å². The summed E-state index contributed by atoms with van der Waals surface area (Å²) >= 11 is 20.0. The molecule has 1 aromatic heterocycles. The van der Waals surface area contributed by atoms with Crippen molar-refractivity contribution in [2.45, 2.75) is 19.4 Å². The van der Waals surface area contributed by atoms with Crippen molar-refractivity contribution in [2.24, 2.45) is 0 Å². The molecule has 0 fully saturated rings. The molecule has 19 heavy (non-hydrogen) atoms. The van der Waals surface area contributed by atoms with Gasteiger partial charge in [-0.3, -0.25) is 0 Å². The molecule has 0 radical (unpaired) electrons. The van der Waals surface area contributed by atoms with Gasteiger partial charge in [0.05, 0.1) is 15.1 Å². The van der Waals surface area contributed by atoms with Crippen molar-refractivity contribution >= 4 is 46.1 Å². The number of benzene rings is 1. The summed E-state index contributed by atoms with van der Waals surface area (Å²) in [5.74, 6) is 0. The van der Waals surface area contributed by atoms with Crippen molar-refractivity contribution in [3.8, 4) is 10.4 Å². The minimum absolute atomic E-state index is 0.375. The van der Waals surface area contributed by atoms with Crippen molar-refractivity contribution in [1.82, 2.24) is 5.32 Å². The summed E-state index contributed by atoms with van der Waals surface area (Å²) in [6, 6.07) is 8.09. The van der Waals surface area contributed by atoms with Crippen molar-refractivity contribution in [2.75, 3.05) is 7.05 Å². The third-order valence-corrected chi connectivity index (χ3v) is 5.27. The number of halogens is 3. The molecule has 0 aliphatic carbocycles. The van der Waals surface area contributed by atoms with Gasteiger partial charge in [0.15, 0.2) is 0 Å². The molecule has 0 aliphatic rings. The molecule has 2 rings (SSSR count). The summed E-state index contributed by atoms with van der Waals surface area (Å²) in [7, 11) is 1.97. The third-order valence-electron chi connectivity index (χ3n) is 3.00. The molecule has 1 nitrogen and oxygen atoms in total. The maximum absolute atomic E-state index is 6.24. The van der Waals surface area contributed by atoms with Gasteiger partial charge in [-0.15, -0.1) is 11.3 Å². The normalized spacial score (nSPS) is 12.7. The van der Waals surface area contributed by atoms with E-state index in [0.717, 1.165) is 16.9 Å². The highest BCUT2D eigenvalue weighted by molar-refractivity contribution is 7.15. The van der Waals surface area contributed by atoms with E-state index in [1.165, 1.54) is 4.88 Å². The summed E-state index contributed by atoms with van der Waals surface area (Å²) in [6.07, 6.45) is 1.05. The number of rotatable bonds is 4. The molecule has 0 saturated heterocycles. The lowest BCUT2D eigenvalue weighted by atomic mass is 10.1. The summed E-state index contributed by atoms with van der Waals surface area (Å²) < 4.78 is 0. The summed E-state index contributed by atoms with van der Waals surface area (Å²) in [4.78, 5) is 2.40. The monoisotopic (exact) mass is 333 g/mol. The minimum atomic E-state index is 0.375. The Labute approximate surface area is 132 Å². The molecule has 1 heterocycles. The SMILES string of the molecule is CCC(NC)c1ccc(-c2cc(Cl)c(Cl)cc2Cl)s1. The van der Waals surface area contributed by atoms with Gasteiger partial charge in [0.1, 0.15) is 0 Å². The number of nitrogens with one attached hydrogen (secondary N) is 1. The maximum Gasteiger partial charge on any atom is 0.0607 e. The zero-order valence-corrected chi connectivity index (χ0v) is 13.7. The Morgan fingerprint density at radius 2 is 1.79 bits per heavy atom. The first kappa shape index (κ1) is 15.1. The molecule has 0 aliphatic heterocycles. The maximum atomic E-state index is 6.24. The molecule has 102 valence electrons. The van der Waals surface area contributed by atoms with Gasteiger partial charge < -0.3 is 5.32 Å². The van der Waals surface area contributed by atoms with Crippen LogP contribution in [-0.2, 0) is 0 Å². The second-order valence-electron chi connectivity index (χ2n) is 4.20. The Balaban J connectivity index is 2.40. The van der Waals surface area contributed by atoms with Crippen molar-refractivity contribution < 1.29 is 0 Å². The molecule has 0 bridgehead atoms. The van der Waals surface area contributed by atoms with E-state index in [-0.39, 0.29) is 0 Å². The lowest BCUT2D eigenvalue weighted by Gasteiger charge is -2.10. The van der Waals surface area contributed by atoms with Crippen molar-refractivity contribution in [3.05, 3.63) is 44.2 Å². The lowest BCUT2D eigenvalue weighted by Crippen LogP contribution is -2.13. The van der Waals surface area contributed by atoms with Crippen LogP contribution in [0.25, 0.3) is 10.4 Å². The molecule has 1 aromatic carbocycles. The van der Waals surface area contributed by atoms with Crippen molar-refractivity contribution in [1.29, 1.82) is 0 Å². The van der Waals surface area contributed by atoms with Crippen LogP contribution in [0.1, 0.15) is 24.3 Å². The summed E-state index contributed by atoms with van der Waals surface area (Å²) in [5.41, 5.74) is 0.929. The van der Waals surface area contributed by atoms with E-state index in [2.05, 4.69) is 24.4 Å². The Morgan fingerprint density at radius 3 is 2.42 bits per heavy atom. The van der Waals surface area contributed by atoms with Crippen LogP contribution in [-0.4, -0.2) is 7.05 Å². The van der Waals surface area contributed by atoms with Gasteiger partial charge >= 0.3 is 0 Å². The average molecular weight is 335 g/mol. The van der Waals surface area contributed by atoms with Crippen LogP contribution >= 0.6 is 46.1 Å². The van der Waals surface area contributed by atoms with E-state index >= 15 is 0 Å². The fraction of sp³-hybridized carbons (Fsp3) is 0.286. The number of thiophene rings is 1. The minimum Gasteiger partial charge on any atom is -0.312 e. The van der Waals surface area contributed by atoms with Crippen LogP contribution in [0, 0.1) is 0 Å². The Kier molecular flexibility index (Phi) is 5.15. The molecule has 1 unspecified atom stereocenters. The van der Waals surface area contributed by atoms with Gasteiger partial charge in [0.2, 0.25) is 0 Å². The highest BCUT2D eigenvalue weighted by Gasteiger charge is 2.13. The zero-order chi connectivity index (χ0) is 14.0. The van der Waals surface area contributed by atoms with Gasteiger partial charge in [-0.25, -0.2) is 0 Å². The first-order valence-electron chi connectivity index (χ1n) is 5.98. The molecule has 2 aromatic rings. The highest BCUT2D eigenvalue weighted by atomic mass is 35.5. The van der Waals surface area contributed by atoms with E-state index in [1.807, 2.05) is 13.1 Å². The Bertz CT molecular complexity index is 576. The zero-order valence-electron chi connectivity index (χ0n) is 10.6. The van der Waals surface area contributed by atoms with Crippen LogP contribution in [0.4, 0.5) is 0 Å². The van der Waals surface area contributed by atoms with E-state index in [0.29, 0.717) is 21.1 Å². The van der Waals surface area contributed by atoms with Crippen LogP contribution in [0.3, 0.4) is 0 Å². The first-order valence-corrected chi connectivity index (χ1v) is 7.93. The lowest BCUT2D eigenvalue weighted by molar-refractivity contribution is 0.586. The summed E-state index contributed by atoms with van der Waals surface area (Å²) in [5, 5.41) is 4.93. The average Bonchev–Trinajstić information content (AvgIpc) is 2.85. The molecule has 1 N–H and O–H groups in total. The molecule has 5 heteroatoms. The van der Waals surface area contributed by atoms with Gasteiger partial charge in [-0.1, -0.05) is 41.7 Å². The van der Waals surface area contributed by atoms with E-state index in [4.69, 9.17) is 34.8 Å². The molecule has 1 atom stereocenters. The molecular formula is C14H14Cl3NS. The Hall–Kier alpha value is -0.250. The number of hydrogen-bond acceptors (Lipinski definition) is 2. The molecule has 0 saturated carbocycles. The quantitative estimate of drug-likeness (QED) is 0.671. The first-order chi connectivity index (χ1) is 9.06. The predicted molar refractivity (Wildman–Crippen MR) is 86.9 cm³/mol. The fourth-order valence-electron chi connectivity index (χ4n) is 1.94. The van der Waals surface area contributed by atoms with E-state index < -0.39 is 0 Å².